The van der Waals surface area contributed by atoms with Gasteiger partial charge >= 0.3 is 0 Å². The second-order valence-electron chi connectivity index (χ2n) is 5.14. The quantitative estimate of drug-likeness (QED) is 0.870. The van der Waals surface area contributed by atoms with Crippen LogP contribution in [0, 0.1) is 0 Å². The maximum atomic E-state index is 12.3. The average molecular weight is 302 g/mol. The summed E-state index contributed by atoms with van der Waals surface area (Å²) in [6.07, 6.45) is 1.73. The molecule has 1 aliphatic heterocycles. The largest absolute Gasteiger partial charge is 0.379 e. The summed E-state index contributed by atoms with van der Waals surface area (Å²) in [4.78, 5) is 28.5. The zero-order chi connectivity index (χ0) is 15.4. The molecule has 0 radical (unpaired) electrons. The van der Waals surface area contributed by atoms with Crippen molar-refractivity contribution >= 4 is 16.8 Å². The number of amides is 1. The van der Waals surface area contributed by atoms with Gasteiger partial charge < -0.3 is 4.74 Å². The Morgan fingerprint density at radius 1 is 1.27 bits per heavy atom. The Morgan fingerprint density at radius 3 is 2.86 bits per heavy atom. The lowest BCUT2D eigenvalue weighted by Crippen LogP contribution is -2.48. The number of carbonyl (C=O) groups excluding carboxylic acids is 1. The molecule has 1 aliphatic rings. The smallest absolute Gasteiger partial charge is 0.261 e. The van der Waals surface area contributed by atoms with Gasteiger partial charge in [0.25, 0.3) is 5.56 Å². The van der Waals surface area contributed by atoms with Crippen LogP contribution in [0.15, 0.2) is 35.4 Å². The molecule has 7 heteroatoms. The lowest BCUT2D eigenvalue weighted by atomic mass is 10.2. The van der Waals surface area contributed by atoms with Gasteiger partial charge in [-0.05, 0) is 12.1 Å². The van der Waals surface area contributed by atoms with Crippen LogP contribution >= 0.6 is 0 Å². The minimum Gasteiger partial charge on any atom is -0.379 e. The fourth-order valence-corrected chi connectivity index (χ4v) is 2.39. The van der Waals surface area contributed by atoms with Gasteiger partial charge in [-0.3, -0.25) is 19.6 Å². The molecule has 3 rings (SSSR count). The number of hydrogen-bond acceptors (Lipinski definition) is 5. The van der Waals surface area contributed by atoms with Crippen molar-refractivity contribution in [3.05, 3.63) is 40.9 Å². The van der Waals surface area contributed by atoms with E-state index in [1.807, 2.05) is 11.1 Å². The third kappa shape index (κ3) is 3.32. The Morgan fingerprint density at radius 2 is 2.05 bits per heavy atom. The van der Waals surface area contributed by atoms with Gasteiger partial charge in [0.1, 0.15) is 0 Å². The third-order valence-corrected chi connectivity index (χ3v) is 3.61. The van der Waals surface area contributed by atoms with Gasteiger partial charge in [0.15, 0.2) is 0 Å². The highest BCUT2D eigenvalue weighted by Gasteiger charge is 2.13. The molecular weight excluding hydrogens is 284 g/mol. The van der Waals surface area contributed by atoms with Crippen molar-refractivity contribution in [2.75, 3.05) is 26.3 Å². The summed E-state index contributed by atoms with van der Waals surface area (Å²) in [5, 5.41) is 2.41. The van der Waals surface area contributed by atoms with Crippen LogP contribution in [0.2, 0.25) is 0 Å². The number of aromatic nitrogens is 2. The molecular formula is C15H18N4O3. The lowest BCUT2D eigenvalue weighted by molar-refractivity contribution is -0.128. The van der Waals surface area contributed by atoms with E-state index < -0.39 is 0 Å². The number of carbonyl (C=O) groups is 1. The van der Waals surface area contributed by atoms with Crippen molar-refractivity contribution in [1.29, 1.82) is 0 Å². The molecule has 22 heavy (non-hydrogen) atoms. The molecule has 0 spiro atoms. The Hall–Kier alpha value is -2.25. The Bertz CT molecular complexity index is 722. The molecule has 1 aromatic heterocycles. The minimum absolute atomic E-state index is 0.109. The van der Waals surface area contributed by atoms with Crippen LogP contribution in [0.3, 0.4) is 0 Å². The summed E-state index contributed by atoms with van der Waals surface area (Å²) in [5.41, 5.74) is 3.37. The van der Waals surface area contributed by atoms with Crippen molar-refractivity contribution in [3.8, 4) is 0 Å². The van der Waals surface area contributed by atoms with Crippen LogP contribution in [0.5, 0.6) is 0 Å². The zero-order valence-corrected chi connectivity index (χ0v) is 12.2. The van der Waals surface area contributed by atoms with Gasteiger partial charge in [0.2, 0.25) is 5.91 Å². The van der Waals surface area contributed by atoms with E-state index in [-0.39, 0.29) is 17.9 Å². The normalized spacial score (nSPS) is 15.8. The maximum Gasteiger partial charge on any atom is 0.261 e. The summed E-state index contributed by atoms with van der Waals surface area (Å²) in [7, 11) is 0. The molecule has 0 unspecified atom stereocenters. The van der Waals surface area contributed by atoms with Crippen LogP contribution in [-0.4, -0.2) is 46.8 Å². The molecule has 0 aliphatic carbocycles. The molecule has 0 atom stereocenters. The summed E-state index contributed by atoms with van der Waals surface area (Å²) in [5.74, 6) is -0.109. The third-order valence-electron chi connectivity index (χ3n) is 3.61. The van der Waals surface area contributed by atoms with E-state index >= 15 is 0 Å². The highest BCUT2D eigenvalue weighted by Crippen LogP contribution is 2.04. The number of fused-ring (bicyclic) bond motifs is 1. The van der Waals surface area contributed by atoms with Gasteiger partial charge in [-0.15, -0.1) is 0 Å². The molecule has 2 heterocycles. The minimum atomic E-state index is -0.121. The first-order chi connectivity index (χ1) is 10.7. The molecule has 1 amide bonds. The summed E-state index contributed by atoms with van der Waals surface area (Å²) < 4.78 is 6.69. The molecule has 1 saturated heterocycles. The first kappa shape index (κ1) is 14.7. The van der Waals surface area contributed by atoms with E-state index in [9.17, 15) is 9.59 Å². The first-order valence-electron chi connectivity index (χ1n) is 7.30. The molecule has 0 saturated carbocycles. The van der Waals surface area contributed by atoms with Crippen LogP contribution < -0.4 is 11.0 Å². The Labute approximate surface area is 127 Å². The topological polar surface area (TPSA) is 76.5 Å². The number of benzene rings is 1. The fraction of sp³-hybridized carbons (Fsp3) is 0.400. The number of hydrogen-bond donors (Lipinski definition) is 1. The van der Waals surface area contributed by atoms with Gasteiger partial charge in [0.05, 0.1) is 30.4 Å². The molecule has 1 aromatic carbocycles. The average Bonchev–Trinajstić information content (AvgIpc) is 2.55. The van der Waals surface area contributed by atoms with Crippen LogP contribution in [0.4, 0.5) is 0 Å². The summed E-state index contributed by atoms with van der Waals surface area (Å²) >= 11 is 0. The van der Waals surface area contributed by atoms with E-state index in [0.29, 0.717) is 43.8 Å². The Balaban J connectivity index is 1.62. The fourth-order valence-electron chi connectivity index (χ4n) is 2.39. The van der Waals surface area contributed by atoms with Crippen molar-refractivity contribution in [2.24, 2.45) is 0 Å². The van der Waals surface area contributed by atoms with Gasteiger partial charge in [-0.25, -0.2) is 9.99 Å². The van der Waals surface area contributed by atoms with Crippen molar-refractivity contribution in [3.63, 3.8) is 0 Å². The lowest BCUT2D eigenvalue weighted by Gasteiger charge is -2.26. The standard InChI is InChI=1S/C15H18N4O3/c20-14(17-19-7-9-22-10-8-19)5-6-18-11-16-13-4-2-1-3-12(13)15(18)21/h1-4,11H,5-10H2,(H,17,20). The number of morpholine rings is 1. The van der Waals surface area contributed by atoms with Crippen molar-refractivity contribution in [1.82, 2.24) is 20.0 Å². The van der Waals surface area contributed by atoms with Crippen LogP contribution in [0.1, 0.15) is 6.42 Å². The monoisotopic (exact) mass is 302 g/mol. The van der Waals surface area contributed by atoms with Crippen molar-refractivity contribution in [2.45, 2.75) is 13.0 Å². The van der Waals surface area contributed by atoms with E-state index in [0.717, 1.165) is 0 Å². The SMILES string of the molecule is O=C(CCn1cnc2ccccc2c1=O)NN1CCOCC1. The maximum absolute atomic E-state index is 12.3. The first-order valence-corrected chi connectivity index (χ1v) is 7.30. The van der Waals surface area contributed by atoms with Gasteiger partial charge in [0, 0.05) is 26.1 Å². The summed E-state index contributed by atoms with van der Waals surface area (Å²) in [6, 6.07) is 7.19. The number of rotatable bonds is 4. The van der Waals surface area contributed by atoms with E-state index in [1.54, 1.807) is 18.2 Å². The van der Waals surface area contributed by atoms with Crippen LogP contribution in [0.25, 0.3) is 10.9 Å². The number of aryl methyl sites for hydroxylation is 1. The number of nitrogens with zero attached hydrogens (tertiary/aromatic N) is 3. The highest BCUT2D eigenvalue weighted by molar-refractivity contribution is 5.77. The molecule has 7 nitrogen and oxygen atoms in total. The molecule has 116 valence electrons. The molecule has 2 aromatic rings. The zero-order valence-electron chi connectivity index (χ0n) is 12.2. The second-order valence-corrected chi connectivity index (χ2v) is 5.14. The predicted molar refractivity (Wildman–Crippen MR) is 81.2 cm³/mol. The molecule has 1 fully saturated rings. The van der Waals surface area contributed by atoms with E-state index in [2.05, 4.69) is 10.4 Å². The second kappa shape index (κ2) is 6.67. The van der Waals surface area contributed by atoms with E-state index in [4.69, 9.17) is 4.74 Å². The Kier molecular flexibility index (Phi) is 4.45. The highest BCUT2D eigenvalue weighted by atomic mass is 16.5. The number of hydrazine groups is 1. The van der Waals surface area contributed by atoms with Crippen LogP contribution in [-0.2, 0) is 16.1 Å². The number of para-hydroxylation sites is 1. The number of ether oxygens (including phenoxy) is 1. The molecule has 1 N–H and O–H groups in total. The number of nitrogens with one attached hydrogen (secondary N) is 1. The van der Waals surface area contributed by atoms with Gasteiger partial charge in [-0.2, -0.15) is 0 Å². The van der Waals surface area contributed by atoms with E-state index in [1.165, 1.54) is 10.9 Å². The van der Waals surface area contributed by atoms with Gasteiger partial charge in [-0.1, -0.05) is 12.1 Å². The summed E-state index contributed by atoms with van der Waals surface area (Å²) in [6.45, 7) is 2.92. The molecule has 0 bridgehead atoms. The van der Waals surface area contributed by atoms with Crippen molar-refractivity contribution < 1.29 is 9.53 Å². The predicted octanol–water partition coefficient (Wildman–Crippen LogP) is 0.150.